The molecule has 0 saturated heterocycles. The fourth-order valence-corrected chi connectivity index (χ4v) is 3.82. The predicted octanol–water partition coefficient (Wildman–Crippen LogP) is 4.97. The molecule has 14 heteroatoms. The highest BCUT2D eigenvalue weighted by atomic mass is 19.2. The molecule has 0 atom stereocenters. The summed E-state index contributed by atoms with van der Waals surface area (Å²) in [5.41, 5.74) is 7.15. The predicted molar refractivity (Wildman–Crippen MR) is 148 cm³/mol. The molecule has 0 spiro atoms. The molecule has 0 unspecified atom stereocenters. The van der Waals surface area contributed by atoms with Gasteiger partial charge in [-0.2, -0.15) is 23.7 Å². The molecule has 3 aromatic carbocycles. The lowest BCUT2D eigenvalue weighted by Gasteiger charge is -2.24. The Hall–Kier alpha value is -4.40. The van der Waals surface area contributed by atoms with Crippen LogP contribution in [0, 0.1) is 29.1 Å². The van der Waals surface area contributed by atoms with Crippen molar-refractivity contribution in [2.24, 2.45) is 5.73 Å². The maximum absolute atomic E-state index is 14.4. The SMILES string of the molecule is NCCOCCOCCNc1nc(Oc2c(F)c(F)c(F)c(F)c2F)nc(N(Cc2ccccc2)Cc2ccccc2)n1. The van der Waals surface area contributed by atoms with E-state index in [4.69, 9.17) is 19.9 Å². The molecule has 0 saturated carbocycles. The van der Waals surface area contributed by atoms with Gasteiger partial charge in [0.1, 0.15) is 0 Å². The van der Waals surface area contributed by atoms with E-state index in [1.54, 1.807) is 4.90 Å². The highest BCUT2D eigenvalue weighted by molar-refractivity contribution is 5.42. The Labute approximate surface area is 244 Å². The van der Waals surface area contributed by atoms with Crippen molar-refractivity contribution in [3.8, 4) is 11.8 Å². The van der Waals surface area contributed by atoms with Gasteiger partial charge in [0.15, 0.2) is 0 Å². The van der Waals surface area contributed by atoms with Crippen molar-refractivity contribution in [2.45, 2.75) is 13.1 Å². The van der Waals surface area contributed by atoms with Gasteiger partial charge in [-0.1, -0.05) is 60.7 Å². The van der Waals surface area contributed by atoms with Crippen LogP contribution in [0.2, 0.25) is 0 Å². The summed E-state index contributed by atoms with van der Waals surface area (Å²) in [6.07, 6.45) is 0. The van der Waals surface area contributed by atoms with Gasteiger partial charge in [0, 0.05) is 26.2 Å². The summed E-state index contributed by atoms with van der Waals surface area (Å²) < 4.78 is 86.0. The molecule has 43 heavy (non-hydrogen) atoms. The van der Waals surface area contributed by atoms with Gasteiger partial charge in [-0.3, -0.25) is 0 Å². The number of aromatic nitrogens is 3. The molecule has 4 rings (SSSR count). The summed E-state index contributed by atoms with van der Waals surface area (Å²) in [6, 6.07) is 18.0. The van der Waals surface area contributed by atoms with E-state index in [2.05, 4.69) is 20.3 Å². The van der Waals surface area contributed by atoms with Crippen molar-refractivity contribution in [1.82, 2.24) is 15.0 Å². The normalized spacial score (nSPS) is 11.0. The number of ether oxygens (including phenoxy) is 3. The molecule has 4 aromatic rings. The number of rotatable bonds is 16. The Kier molecular flexibility index (Phi) is 11.5. The van der Waals surface area contributed by atoms with Crippen LogP contribution in [-0.2, 0) is 22.6 Å². The van der Waals surface area contributed by atoms with Gasteiger partial charge in [0.25, 0.3) is 0 Å². The highest BCUT2D eigenvalue weighted by Crippen LogP contribution is 2.32. The van der Waals surface area contributed by atoms with Gasteiger partial charge >= 0.3 is 6.01 Å². The Balaban J connectivity index is 1.65. The monoisotopic (exact) mass is 604 g/mol. The minimum absolute atomic E-state index is 0.0141. The maximum Gasteiger partial charge on any atom is 0.328 e. The van der Waals surface area contributed by atoms with Gasteiger partial charge in [-0.15, -0.1) is 0 Å². The lowest BCUT2D eigenvalue weighted by molar-refractivity contribution is 0.0547. The van der Waals surface area contributed by atoms with E-state index in [0.29, 0.717) is 39.5 Å². The molecule has 0 radical (unpaired) electrons. The number of benzene rings is 3. The van der Waals surface area contributed by atoms with E-state index in [1.165, 1.54) is 0 Å². The summed E-state index contributed by atoms with van der Waals surface area (Å²) in [5, 5.41) is 2.91. The minimum atomic E-state index is -2.31. The number of nitrogens with one attached hydrogen (secondary N) is 1. The minimum Gasteiger partial charge on any atom is -0.418 e. The number of hydrogen-bond acceptors (Lipinski definition) is 9. The van der Waals surface area contributed by atoms with E-state index in [9.17, 15) is 22.0 Å². The van der Waals surface area contributed by atoms with E-state index < -0.39 is 40.8 Å². The Morgan fingerprint density at radius 3 is 1.74 bits per heavy atom. The fraction of sp³-hybridized carbons (Fsp3) is 0.276. The van der Waals surface area contributed by atoms with Crippen molar-refractivity contribution >= 4 is 11.9 Å². The second-order valence-electron chi connectivity index (χ2n) is 9.01. The van der Waals surface area contributed by atoms with Crippen molar-refractivity contribution < 1.29 is 36.2 Å². The van der Waals surface area contributed by atoms with Crippen LogP contribution in [0.4, 0.5) is 33.8 Å². The molecule has 0 aliphatic heterocycles. The number of nitrogens with zero attached hydrogens (tertiary/aromatic N) is 4. The van der Waals surface area contributed by atoms with Crippen molar-refractivity contribution in [3.63, 3.8) is 0 Å². The van der Waals surface area contributed by atoms with Crippen molar-refractivity contribution in [2.75, 3.05) is 49.7 Å². The maximum atomic E-state index is 14.4. The van der Waals surface area contributed by atoms with Gasteiger partial charge in [0.2, 0.25) is 46.7 Å². The van der Waals surface area contributed by atoms with Crippen LogP contribution in [0.5, 0.6) is 11.8 Å². The van der Waals surface area contributed by atoms with E-state index in [0.717, 1.165) is 11.1 Å². The molecule has 0 bridgehead atoms. The second-order valence-corrected chi connectivity index (χ2v) is 9.01. The third kappa shape index (κ3) is 8.80. The molecular weight excluding hydrogens is 575 g/mol. The Morgan fingerprint density at radius 2 is 1.19 bits per heavy atom. The first-order valence-electron chi connectivity index (χ1n) is 13.2. The molecule has 1 heterocycles. The average Bonchev–Trinajstić information content (AvgIpc) is 3.03. The topological polar surface area (TPSA) is 108 Å². The lowest BCUT2D eigenvalue weighted by atomic mass is 10.2. The summed E-state index contributed by atoms with van der Waals surface area (Å²) in [5.74, 6) is -12.6. The molecule has 0 amide bonds. The molecule has 0 aliphatic carbocycles. The molecule has 0 aliphatic rings. The smallest absolute Gasteiger partial charge is 0.328 e. The average molecular weight is 605 g/mol. The molecular formula is C29H29F5N6O3. The third-order valence-corrected chi connectivity index (χ3v) is 5.85. The largest absolute Gasteiger partial charge is 0.418 e. The Morgan fingerprint density at radius 1 is 0.651 bits per heavy atom. The van der Waals surface area contributed by atoms with Gasteiger partial charge in [-0.05, 0) is 11.1 Å². The van der Waals surface area contributed by atoms with Gasteiger partial charge in [-0.25, -0.2) is 13.2 Å². The first-order valence-corrected chi connectivity index (χ1v) is 13.2. The van der Waals surface area contributed by atoms with Gasteiger partial charge in [0.05, 0.1) is 26.4 Å². The quantitative estimate of drug-likeness (QED) is 0.0794. The van der Waals surface area contributed by atoms with Gasteiger partial charge < -0.3 is 30.2 Å². The number of halogens is 5. The second kappa shape index (κ2) is 15.7. The van der Waals surface area contributed by atoms with Crippen LogP contribution in [0.1, 0.15) is 11.1 Å². The number of anilines is 2. The molecule has 3 N–H and O–H groups in total. The van der Waals surface area contributed by atoms with Crippen LogP contribution in [0.25, 0.3) is 0 Å². The summed E-state index contributed by atoms with van der Waals surface area (Å²) in [7, 11) is 0. The fourth-order valence-electron chi connectivity index (χ4n) is 3.82. The van der Waals surface area contributed by atoms with Crippen LogP contribution in [0.3, 0.4) is 0 Å². The third-order valence-electron chi connectivity index (χ3n) is 5.85. The van der Waals surface area contributed by atoms with Crippen molar-refractivity contribution in [1.29, 1.82) is 0 Å². The zero-order chi connectivity index (χ0) is 30.6. The van der Waals surface area contributed by atoms with Crippen molar-refractivity contribution in [3.05, 3.63) is 101 Å². The molecule has 228 valence electrons. The standard InChI is InChI=1S/C29H29F5N6O3/c30-21-22(31)24(33)26(25(34)23(21)32)43-29-38-27(36-12-14-42-16-15-41-13-11-35)37-28(39-29)40(17-19-7-3-1-4-8-19)18-20-9-5-2-6-10-20/h1-10H,11-18,35H2,(H,36,37,38,39). The molecule has 0 fully saturated rings. The van der Waals surface area contributed by atoms with Crippen LogP contribution in [-0.4, -0.2) is 54.5 Å². The first kappa shape index (κ1) is 31.5. The first-order chi connectivity index (χ1) is 20.9. The summed E-state index contributed by atoms with van der Waals surface area (Å²) in [4.78, 5) is 14.4. The summed E-state index contributed by atoms with van der Waals surface area (Å²) in [6.45, 7) is 2.45. The number of nitrogens with two attached hydrogens (primary N) is 1. The van der Waals surface area contributed by atoms with E-state index in [1.807, 2.05) is 60.7 Å². The van der Waals surface area contributed by atoms with E-state index >= 15 is 0 Å². The zero-order valence-electron chi connectivity index (χ0n) is 22.9. The number of hydrogen-bond donors (Lipinski definition) is 2. The molecule has 9 nitrogen and oxygen atoms in total. The van der Waals surface area contributed by atoms with Crippen LogP contribution in [0.15, 0.2) is 60.7 Å². The van der Waals surface area contributed by atoms with E-state index in [-0.39, 0.29) is 25.0 Å². The van der Waals surface area contributed by atoms with Crippen LogP contribution >= 0.6 is 0 Å². The molecule has 1 aromatic heterocycles. The Bertz CT molecular complexity index is 1400. The lowest BCUT2D eigenvalue weighted by Crippen LogP contribution is -2.25. The highest BCUT2D eigenvalue weighted by Gasteiger charge is 2.28. The zero-order valence-corrected chi connectivity index (χ0v) is 22.9. The van der Waals surface area contributed by atoms with Crippen LogP contribution < -0.4 is 20.7 Å². The summed E-state index contributed by atoms with van der Waals surface area (Å²) >= 11 is 0.